The number of aryl methyl sites for hydroxylation is 3. The number of hydrogen-bond donors (Lipinski definition) is 0. The Kier molecular flexibility index (Phi) is 3.31. The molecule has 0 saturated heterocycles. The molecule has 2 rings (SSSR count). The molecule has 13 heavy (non-hydrogen) atoms. The Morgan fingerprint density at radius 3 is 2.08 bits per heavy atom. The Morgan fingerprint density at radius 2 is 1.92 bits per heavy atom. The van der Waals surface area contributed by atoms with Gasteiger partial charge in [0.05, 0.1) is 6.33 Å². The number of rotatable bonds is 0. The van der Waals surface area contributed by atoms with Crippen molar-refractivity contribution in [1.29, 1.82) is 0 Å². The number of hydrogen-bond acceptors (Lipinski definition) is 1. The minimum atomic E-state index is 1.32. The van der Waals surface area contributed by atoms with Gasteiger partial charge in [-0.05, 0) is 18.6 Å². The second-order valence-corrected chi connectivity index (χ2v) is 3.08. The molecular weight excluding hydrogens is 162 g/mol. The van der Waals surface area contributed by atoms with Crippen LogP contribution in [0.2, 0.25) is 0 Å². The molecule has 70 valence electrons. The normalized spacial score (nSPS) is 9.15. The van der Waals surface area contributed by atoms with E-state index in [0.717, 1.165) is 0 Å². The summed E-state index contributed by atoms with van der Waals surface area (Å²) in [4.78, 5) is 3.78. The van der Waals surface area contributed by atoms with Crippen LogP contribution in [0.3, 0.4) is 0 Å². The average molecular weight is 177 g/mol. The molecule has 0 aliphatic heterocycles. The zero-order valence-electron chi connectivity index (χ0n) is 8.31. The van der Waals surface area contributed by atoms with E-state index in [2.05, 4.69) is 24.2 Å². The van der Waals surface area contributed by atoms with Gasteiger partial charge in [0.15, 0.2) is 0 Å². The summed E-state index contributed by atoms with van der Waals surface area (Å²) < 4.78 is 3.93. The molecule has 2 aromatic heterocycles. The van der Waals surface area contributed by atoms with Crippen molar-refractivity contribution in [2.24, 2.45) is 14.1 Å². The van der Waals surface area contributed by atoms with E-state index in [9.17, 15) is 0 Å². The highest BCUT2D eigenvalue weighted by atomic mass is 15.0. The largest absolute Gasteiger partial charge is 0.357 e. The first-order valence-electron chi connectivity index (χ1n) is 4.19. The van der Waals surface area contributed by atoms with E-state index < -0.39 is 0 Å². The van der Waals surface area contributed by atoms with Crippen molar-refractivity contribution in [1.82, 2.24) is 14.1 Å². The average Bonchev–Trinajstić information content (AvgIpc) is 2.64. The first-order valence-corrected chi connectivity index (χ1v) is 4.19. The molecule has 0 aliphatic carbocycles. The Hall–Kier alpha value is -1.51. The van der Waals surface area contributed by atoms with Crippen LogP contribution in [0.5, 0.6) is 0 Å². The summed E-state index contributed by atoms with van der Waals surface area (Å²) in [6.07, 6.45) is 9.51. The third-order valence-electron chi connectivity index (χ3n) is 1.62. The smallest absolute Gasteiger partial charge is 0.0943 e. The molecule has 0 saturated carbocycles. The fourth-order valence-electron chi connectivity index (χ4n) is 0.968. The van der Waals surface area contributed by atoms with Crippen molar-refractivity contribution < 1.29 is 0 Å². The number of aromatic nitrogens is 3. The molecule has 0 aromatic carbocycles. The predicted molar refractivity (Wildman–Crippen MR) is 53.4 cm³/mol. The summed E-state index contributed by atoms with van der Waals surface area (Å²) in [5.74, 6) is 0. The number of imidazole rings is 1. The molecule has 0 N–H and O–H groups in total. The molecular formula is C10H15N3. The minimum Gasteiger partial charge on any atom is -0.357 e. The summed E-state index contributed by atoms with van der Waals surface area (Å²) >= 11 is 0. The highest BCUT2D eigenvalue weighted by molar-refractivity contribution is 5.06. The van der Waals surface area contributed by atoms with Crippen LogP contribution >= 0.6 is 0 Å². The quantitative estimate of drug-likeness (QED) is 0.601. The van der Waals surface area contributed by atoms with E-state index in [1.807, 2.05) is 35.6 Å². The lowest BCUT2D eigenvalue weighted by atomic mass is 10.4. The minimum absolute atomic E-state index is 1.32. The molecule has 2 heterocycles. The summed E-state index contributed by atoms with van der Waals surface area (Å²) in [5.41, 5.74) is 1.32. The van der Waals surface area contributed by atoms with Crippen LogP contribution < -0.4 is 0 Å². The molecule has 0 fully saturated rings. The van der Waals surface area contributed by atoms with Gasteiger partial charge in [-0.2, -0.15) is 0 Å². The Morgan fingerprint density at radius 1 is 1.15 bits per heavy atom. The summed E-state index contributed by atoms with van der Waals surface area (Å²) in [6, 6.07) is 2.08. The van der Waals surface area contributed by atoms with Gasteiger partial charge in [0.2, 0.25) is 0 Å². The zero-order chi connectivity index (χ0) is 9.68. The summed E-state index contributed by atoms with van der Waals surface area (Å²) in [5, 5.41) is 0. The van der Waals surface area contributed by atoms with Gasteiger partial charge in [0.1, 0.15) is 0 Å². The molecule has 0 bridgehead atoms. The third kappa shape index (κ3) is 3.60. The molecule has 0 spiro atoms. The van der Waals surface area contributed by atoms with Crippen molar-refractivity contribution >= 4 is 0 Å². The van der Waals surface area contributed by atoms with Crippen LogP contribution in [0, 0.1) is 6.92 Å². The van der Waals surface area contributed by atoms with Gasteiger partial charge in [-0.15, -0.1) is 0 Å². The Balaban J connectivity index is 0.000000132. The zero-order valence-corrected chi connectivity index (χ0v) is 8.31. The molecule has 0 aliphatic rings. The molecule has 0 atom stereocenters. The Bertz CT molecular complexity index is 316. The van der Waals surface area contributed by atoms with Gasteiger partial charge in [0, 0.05) is 38.9 Å². The lowest BCUT2D eigenvalue weighted by molar-refractivity contribution is 0.913. The highest BCUT2D eigenvalue weighted by Gasteiger charge is 1.80. The van der Waals surface area contributed by atoms with Crippen LogP contribution in [0.4, 0.5) is 0 Å². The first-order chi connectivity index (χ1) is 6.18. The van der Waals surface area contributed by atoms with E-state index in [0.29, 0.717) is 0 Å². The van der Waals surface area contributed by atoms with Crippen LogP contribution in [0.25, 0.3) is 0 Å². The van der Waals surface area contributed by atoms with Gasteiger partial charge >= 0.3 is 0 Å². The van der Waals surface area contributed by atoms with Crippen LogP contribution in [-0.2, 0) is 14.1 Å². The molecule has 3 nitrogen and oxygen atoms in total. The maximum absolute atomic E-state index is 3.78. The highest BCUT2D eigenvalue weighted by Crippen LogP contribution is 1.93. The SMILES string of the molecule is Cc1ccn(C)c1.Cn1ccnc1. The van der Waals surface area contributed by atoms with Crippen LogP contribution in [0.1, 0.15) is 5.56 Å². The van der Waals surface area contributed by atoms with E-state index in [4.69, 9.17) is 0 Å². The lowest BCUT2D eigenvalue weighted by Gasteiger charge is -1.80. The molecule has 0 unspecified atom stereocenters. The summed E-state index contributed by atoms with van der Waals surface area (Å²) in [6.45, 7) is 2.08. The summed E-state index contributed by atoms with van der Waals surface area (Å²) in [7, 11) is 3.96. The molecule has 2 aromatic rings. The Labute approximate surface area is 78.6 Å². The molecule has 0 radical (unpaired) electrons. The fraction of sp³-hybridized carbons (Fsp3) is 0.300. The maximum Gasteiger partial charge on any atom is 0.0943 e. The van der Waals surface area contributed by atoms with Gasteiger partial charge < -0.3 is 9.13 Å². The molecule has 3 heteroatoms. The van der Waals surface area contributed by atoms with Gasteiger partial charge in [-0.1, -0.05) is 0 Å². The van der Waals surface area contributed by atoms with E-state index in [1.54, 1.807) is 12.5 Å². The monoisotopic (exact) mass is 177 g/mol. The van der Waals surface area contributed by atoms with Crippen molar-refractivity contribution in [3.05, 3.63) is 42.7 Å². The number of nitrogens with zero attached hydrogens (tertiary/aromatic N) is 3. The third-order valence-corrected chi connectivity index (χ3v) is 1.62. The van der Waals surface area contributed by atoms with Crippen molar-refractivity contribution in [3.8, 4) is 0 Å². The van der Waals surface area contributed by atoms with Crippen molar-refractivity contribution in [3.63, 3.8) is 0 Å². The van der Waals surface area contributed by atoms with Gasteiger partial charge in [-0.25, -0.2) is 4.98 Å². The maximum atomic E-state index is 3.78. The van der Waals surface area contributed by atoms with E-state index >= 15 is 0 Å². The van der Waals surface area contributed by atoms with Gasteiger partial charge in [-0.3, -0.25) is 0 Å². The standard InChI is InChI=1S/C6H9N.C4H6N2/c1-6-3-4-7(2)5-6;1-6-3-2-5-4-6/h3-5H,1-2H3;2-4H,1H3. The molecule has 0 amide bonds. The predicted octanol–water partition coefficient (Wildman–Crippen LogP) is 1.75. The second-order valence-electron chi connectivity index (χ2n) is 3.08. The van der Waals surface area contributed by atoms with Crippen LogP contribution in [0.15, 0.2) is 37.2 Å². The first kappa shape index (κ1) is 9.58. The van der Waals surface area contributed by atoms with Gasteiger partial charge in [0.25, 0.3) is 0 Å². The van der Waals surface area contributed by atoms with Crippen molar-refractivity contribution in [2.75, 3.05) is 0 Å². The topological polar surface area (TPSA) is 22.8 Å². The van der Waals surface area contributed by atoms with Crippen LogP contribution in [-0.4, -0.2) is 14.1 Å². The lowest BCUT2D eigenvalue weighted by Crippen LogP contribution is -1.76. The van der Waals surface area contributed by atoms with Crippen molar-refractivity contribution in [2.45, 2.75) is 6.92 Å². The van der Waals surface area contributed by atoms with E-state index in [-0.39, 0.29) is 0 Å². The second kappa shape index (κ2) is 4.50. The van der Waals surface area contributed by atoms with E-state index in [1.165, 1.54) is 5.56 Å². The fourth-order valence-corrected chi connectivity index (χ4v) is 0.968.